The molecule has 8 unspecified atom stereocenters. The molecule has 6 saturated heterocycles. The average Bonchev–Trinajstić information content (AvgIpc) is 1.67. The Labute approximate surface area is 666 Å². The number of carbonyl (C=O) groups excluding carboxylic acids is 4. The van der Waals surface area contributed by atoms with Crippen molar-refractivity contribution < 1.29 is 99.4 Å². The van der Waals surface area contributed by atoms with Crippen molar-refractivity contribution in [3.8, 4) is 0 Å². The van der Waals surface area contributed by atoms with E-state index in [4.69, 9.17) is 39.1 Å². The molecule has 0 spiro atoms. The number of carboxylic acid groups (broad SMARTS) is 4. The molecule has 624 valence electrons. The maximum absolute atomic E-state index is 12.4. The summed E-state index contributed by atoms with van der Waals surface area (Å²) in [6.45, 7) is 7.77. The summed E-state index contributed by atoms with van der Waals surface area (Å²) in [6.07, 6.45) is 7.09. The Morgan fingerprint density at radius 1 is 0.514 bits per heavy atom. The number of amides is 6. The second-order valence-corrected chi connectivity index (χ2v) is 30.5. The van der Waals surface area contributed by atoms with Crippen molar-refractivity contribution in [1.82, 2.24) is 76.7 Å². The zero-order valence-corrected chi connectivity index (χ0v) is 65.1. The van der Waals surface area contributed by atoms with Crippen LogP contribution in [0.5, 0.6) is 0 Å². The highest BCUT2D eigenvalue weighted by molar-refractivity contribution is 8.00. The Balaban J connectivity index is 0.000000338. The summed E-state index contributed by atoms with van der Waals surface area (Å²) in [7, 11) is 0. The minimum Gasteiger partial charge on any atom is -0.480 e. The number of hydrogen-bond acceptors (Lipinski definition) is 30. The van der Waals surface area contributed by atoms with E-state index in [0.717, 1.165) is 54.7 Å². The molecule has 0 aromatic heterocycles. The van der Waals surface area contributed by atoms with Crippen molar-refractivity contribution in [2.24, 2.45) is 10.8 Å². The van der Waals surface area contributed by atoms with Crippen molar-refractivity contribution in [2.45, 2.75) is 118 Å². The van der Waals surface area contributed by atoms with Crippen LogP contribution < -0.4 is 48.7 Å². The number of thiocarbonyl (C=S) groups is 2. The van der Waals surface area contributed by atoms with Gasteiger partial charge in [0.15, 0.2) is 5.11 Å². The fourth-order valence-corrected chi connectivity index (χ4v) is 17.2. The lowest BCUT2D eigenvalue weighted by molar-refractivity contribution is -0.245. The fraction of sp³-hybridized carbons (Fsp3) is 0.681. The summed E-state index contributed by atoms with van der Waals surface area (Å²) in [5, 5.41) is 92.7. The molecule has 2 aromatic rings. The van der Waals surface area contributed by atoms with Crippen LogP contribution in [0.1, 0.15) is 69.9 Å². The number of nitrogens with one attached hydrogen (secondary N) is 8. The van der Waals surface area contributed by atoms with E-state index in [1.807, 2.05) is 74.6 Å². The molecule has 0 aliphatic carbocycles. The molecule has 6 heterocycles. The monoisotopic (exact) mass is 1640 g/mol. The second-order valence-electron chi connectivity index (χ2n) is 27.4. The van der Waals surface area contributed by atoms with Gasteiger partial charge in [0.1, 0.15) is 0 Å². The van der Waals surface area contributed by atoms with Gasteiger partial charge in [-0.3, -0.25) is 105 Å². The van der Waals surface area contributed by atoms with Crippen LogP contribution in [0.3, 0.4) is 0 Å². The van der Waals surface area contributed by atoms with Gasteiger partial charge in [-0.1, -0.05) is 44.5 Å². The summed E-state index contributed by atoms with van der Waals surface area (Å²) in [6, 6.07) is 14.9. The molecule has 6 amide bonds. The van der Waals surface area contributed by atoms with E-state index < -0.39 is 23.9 Å². The number of aliphatic imine (C=N–C) groups is 1. The van der Waals surface area contributed by atoms with Crippen LogP contribution in [-0.2, 0) is 61.2 Å². The number of hydrazine groups is 2. The summed E-state index contributed by atoms with van der Waals surface area (Å²) < 4.78 is 0. The molecule has 0 saturated carbocycles. The third-order valence-corrected chi connectivity index (χ3v) is 22.9. The third kappa shape index (κ3) is 37.0. The molecule has 18 N–H and O–H groups in total. The Hall–Kier alpha value is -6.69. The van der Waals surface area contributed by atoms with Gasteiger partial charge in [0, 0.05) is 170 Å². The van der Waals surface area contributed by atoms with E-state index in [-0.39, 0.29) is 132 Å². The van der Waals surface area contributed by atoms with Crippen LogP contribution in [0.15, 0.2) is 53.5 Å². The Morgan fingerprint density at radius 2 is 0.883 bits per heavy atom. The first-order valence-electron chi connectivity index (χ1n) is 36.8. The van der Waals surface area contributed by atoms with Gasteiger partial charge < -0.3 is 47.0 Å². The number of rotatable bonds is 36. The molecule has 8 rings (SSSR count). The summed E-state index contributed by atoms with van der Waals surface area (Å²) in [4.78, 5) is 130. The molecule has 6 aliphatic heterocycles. The number of aliphatic carboxylic acids is 4. The normalized spacial score (nSPS) is 22.7. The lowest BCUT2D eigenvalue weighted by atomic mass is 10.0. The molecular formula is C69H114N18O20S4. The van der Waals surface area contributed by atoms with E-state index in [1.54, 1.807) is 17.0 Å². The molecule has 0 radical (unpaired) electrons. The SMILES string of the molecule is C.NNC(=O)CCCCC1SCC2NC(=O)NC21.O=C(O)CN1CCN(CCOO)CCN(CCOO)CCN(CC(=O)O)C(Cc2ccc(N=C=S)cc2)C1.O=C(O)CN1CCN(CCOO)CCN(CCOO)CCN(CC(=O)O)C(Cc2ccc(NC(=S)NNC(=O)CCCCC3SCC4NC(=O)NC43)cc2)C1. The predicted octanol–water partition coefficient (Wildman–Crippen LogP) is 1.05. The van der Waals surface area contributed by atoms with Gasteiger partial charge in [-0.25, -0.2) is 35.0 Å². The largest absolute Gasteiger partial charge is 0.480 e. The van der Waals surface area contributed by atoms with Crippen LogP contribution in [0.25, 0.3) is 0 Å². The minimum absolute atomic E-state index is 0. The van der Waals surface area contributed by atoms with Gasteiger partial charge in [0.2, 0.25) is 11.8 Å². The van der Waals surface area contributed by atoms with E-state index >= 15 is 0 Å². The fourth-order valence-electron chi connectivity index (χ4n) is 13.9. The standard InChI is InChI=1S/C34H55N9O10S2.C24H37N5O8S.C10H18N4O2S.CH4/c44-29(4-2-1-3-28-32-27(23-55-28)36-33(49)37-32)38-39-34(54)35-25-7-5-24(6-8-25)19-26-20-42(21-30(45)46)12-11-40(15-17-52-50)9-10-41(16-18-53-51)13-14-43(26)22-31(47)48;30-23(31)17-28-8-7-26(11-13-36-34)5-6-27(12-14-37-35)9-10-29(18-24(32)33)22(16-28)15-20-1-3-21(4-2-20)25-19-38;11-14-8(15)4-2-1-3-7-9-6(5-17-7)12-10(16)13-9;/h5-8,26-28,32,50-51H,1-4,9-23H2,(H,38,44)(H,45,46)(H,47,48)(H2,35,39,54)(H2,36,37,49);1-4,22,34-35H,5-18H2,(H,30,31)(H,32,33);6-7,9H,1-5,11H2,(H,14,15)(H2,12,13,16);1H4. The molecule has 6 aliphatic rings. The summed E-state index contributed by atoms with van der Waals surface area (Å²) in [5.74, 6) is 2.64. The number of thioether (sulfide) groups is 2. The quantitative estimate of drug-likeness (QED) is 0.00662. The van der Waals surface area contributed by atoms with Gasteiger partial charge in [0.05, 0.1) is 87.6 Å². The number of carbonyl (C=O) groups is 8. The van der Waals surface area contributed by atoms with Gasteiger partial charge in [-0.2, -0.15) is 28.5 Å². The lowest BCUT2D eigenvalue weighted by Crippen LogP contribution is -2.53. The van der Waals surface area contributed by atoms with Crippen molar-refractivity contribution in [1.29, 1.82) is 0 Å². The average molecular weight is 1640 g/mol. The molecule has 2 aromatic carbocycles. The molecule has 6 fully saturated rings. The first-order valence-corrected chi connectivity index (χ1v) is 39.7. The number of fused-ring (bicyclic) bond motifs is 2. The van der Waals surface area contributed by atoms with E-state index in [0.29, 0.717) is 165 Å². The number of carboxylic acids is 4. The van der Waals surface area contributed by atoms with Crippen LogP contribution in [-0.4, -0.2) is 367 Å². The number of nitrogens with zero attached hydrogens (tertiary/aromatic N) is 9. The van der Waals surface area contributed by atoms with E-state index in [1.165, 1.54) is 0 Å². The third-order valence-electron chi connectivity index (χ3n) is 19.6. The molecule has 38 nitrogen and oxygen atoms in total. The Morgan fingerprint density at radius 3 is 1.25 bits per heavy atom. The maximum Gasteiger partial charge on any atom is 0.317 e. The van der Waals surface area contributed by atoms with Crippen molar-refractivity contribution in [3.05, 3.63) is 59.7 Å². The highest BCUT2D eigenvalue weighted by atomic mass is 32.2. The van der Waals surface area contributed by atoms with Crippen LogP contribution >= 0.6 is 48.0 Å². The van der Waals surface area contributed by atoms with Crippen molar-refractivity contribution in [2.75, 3.05) is 187 Å². The number of hydrogen-bond donors (Lipinski definition) is 17. The topological polar surface area (TPSA) is 496 Å². The first kappa shape index (κ1) is 94.9. The molecule has 42 heteroatoms. The van der Waals surface area contributed by atoms with Crippen molar-refractivity contribution >= 4 is 117 Å². The molecule has 111 heavy (non-hydrogen) atoms. The number of benzene rings is 2. The minimum atomic E-state index is -1.01. The molecule has 8 atom stereocenters. The predicted molar refractivity (Wildman–Crippen MR) is 424 cm³/mol. The van der Waals surface area contributed by atoms with Crippen LogP contribution in [0, 0.1) is 0 Å². The first-order chi connectivity index (χ1) is 53.1. The molecular weight excluding hydrogens is 1530 g/mol. The smallest absolute Gasteiger partial charge is 0.317 e. The Kier molecular flexibility index (Phi) is 45.7. The number of nitrogens with two attached hydrogens (primary N) is 1. The number of isothiocyanates is 1. The summed E-state index contributed by atoms with van der Waals surface area (Å²) in [5.41, 5.74) is 10.6. The maximum atomic E-state index is 12.4. The zero-order chi connectivity index (χ0) is 79.6. The van der Waals surface area contributed by atoms with Crippen molar-refractivity contribution in [3.63, 3.8) is 0 Å². The van der Waals surface area contributed by atoms with E-state index in [9.17, 15) is 58.8 Å². The van der Waals surface area contributed by atoms with E-state index in [2.05, 4.69) is 104 Å². The van der Waals surface area contributed by atoms with Gasteiger partial charge >= 0.3 is 35.9 Å². The highest BCUT2D eigenvalue weighted by Crippen LogP contribution is 2.34. The van der Waals surface area contributed by atoms with Crippen LogP contribution in [0.2, 0.25) is 0 Å². The number of anilines is 1. The second kappa shape index (κ2) is 53.4. The number of unbranched alkanes of at least 4 members (excludes halogenated alkanes) is 2. The lowest BCUT2D eigenvalue weighted by Gasteiger charge is -2.38. The molecule has 0 bridgehead atoms. The van der Waals surface area contributed by atoms with Gasteiger partial charge in [-0.15, -0.1) is 0 Å². The van der Waals surface area contributed by atoms with Gasteiger partial charge in [-0.05, 0) is 98.4 Å². The summed E-state index contributed by atoms with van der Waals surface area (Å²) >= 11 is 13.8. The van der Waals surface area contributed by atoms with Gasteiger partial charge in [0.25, 0.3) is 0 Å². The zero-order valence-electron chi connectivity index (χ0n) is 61.8. The Bertz CT molecular complexity index is 3210. The highest BCUT2D eigenvalue weighted by Gasteiger charge is 2.44. The van der Waals surface area contributed by atoms with Crippen LogP contribution in [0.4, 0.5) is 21.0 Å². The number of urea groups is 2.